The van der Waals surface area contributed by atoms with Crippen molar-refractivity contribution in [2.24, 2.45) is 0 Å². The molecule has 1 aromatic carbocycles. The fraction of sp³-hybridized carbons (Fsp3) is 0.308. The molecule has 0 aliphatic heterocycles. The van der Waals surface area contributed by atoms with E-state index in [2.05, 4.69) is 22.5 Å². The van der Waals surface area contributed by atoms with E-state index in [0.717, 1.165) is 5.56 Å². The number of carbonyl (C=O) groups excluding carboxylic acids is 1. The van der Waals surface area contributed by atoms with Crippen LogP contribution < -0.4 is 10.6 Å². The molecule has 2 amide bonds. The average molecular weight is 251 g/mol. The third-order valence-corrected chi connectivity index (χ3v) is 2.55. The molecule has 0 atom stereocenters. The summed E-state index contributed by atoms with van der Waals surface area (Å²) in [5.41, 5.74) is 1.66. The van der Waals surface area contributed by atoms with Gasteiger partial charge < -0.3 is 10.6 Å². The number of hydrogen-bond donors (Lipinski definition) is 2. The Bertz CT molecular complexity index is 460. The summed E-state index contributed by atoms with van der Waals surface area (Å²) in [4.78, 5) is 11.5. The zero-order valence-electron chi connectivity index (χ0n) is 9.93. The van der Waals surface area contributed by atoms with Gasteiger partial charge in [-0.2, -0.15) is 0 Å². The molecule has 0 unspecified atom stereocenters. The van der Waals surface area contributed by atoms with Crippen molar-refractivity contribution in [2.45, 2.75) is 20.3 Å². The van der Waals surface area contributed by atoms with Gasteiger partial charge in [0.2, 0.25) is 0 Å². The van der Waals surface area contributed by atoms with Crippen LogP contribution in [0.1, 0.15) is 18.9 Å². The first-order valence-corrected chi connectivity index (χ1v) is 5.72. The minimum atomic E-state index is -0.247. The van der Waals surface area contributed by atoms with E-state index < -0.39 is 0 Å². The van der Waals surface area contributed by atoms with Crippen molar-refractivity contribution in [1.82, 2.24) is 5.32 Å². The summed E-state index contributed by atoms with van der Waals surface area (Å²) in [6, 6.07) is 5.15. The quantitative estimate of drug-likeness (QED) is 0.628. The van der Waals surface area contributed by atoms with Gasteiger partial charge in [0.15, 0.2) is 0 Å². The third kappa shape index (κ3) is 4.80. The summed E-state index contributed by atoms with van der Waals surface area (Å²) in [5, 5.41) is 6.05. The van der Waals surface area contributed by atoms with Gasteiger partial charge in [-0.1, -0.05) is 17.7 Å². The first-order valence-electron chi connectivity index (χ1n) is 5.34. The summed E-state index contributed by atoms with van der Waals surface area (Å²) < 4.78 is 0. The fourth-order valence-corrected chi connectivity index (χ4v) is 1.39. The van der Waals surface area contributed by atoms with Crippen LogP contribution in [0.25, 0.3) is 0 Å². The Morgan fingerprint density at radius 1 is 1.47 bits per heavy atom. The van der Waals surface area contributed by atoms with E-state index in [1.807, 2.05) is 19.1 Å². The predicted octanol–water partition coefficient (Wildman–Crippen LogP) is 3.18. The second-order valence-corrected chi connectivity index (χ2v) is 3.93. The van der Waals surface area contributed by atoms with Crippen molar-refractivity contribution < 1.29 is 4.79 Å². The number of aryl methyl sites for hydroxylation is 1. The van der Waals surface area contributed by atoms with Crippen LogP contribution in [0.5, 0.6) is 0 Å². The van der Waals surface area contributed by atoms with Crippen molar-refractivity contribution in [3.63, 3.8) is 0 Å². The van der Waals surface area contributed by atoms with Crippen LogP contribution in [0.3, 0.4) is 0 Å². The summed E-state index contributed by atoms with van der Waals surface area (Å²) in [6.45, 7) is 4.22. The molecule has 0 aliphatic rings. The first-order chi connectivity index (χ1) is 8.13. The van der Waals surface area contributed by atoms with E-state index in [1.165, 1.54) is 0 Å². The maximum absolute atomic E-state index is 11.5. The number of nitrogens with one attached hydrogen (secondary N) is 2. The molecule has 2 N–H and O–H groups in total. The number of amides is 2. The number of urea groups is 1. The molecule has 0 bridgehead atoms. The van der Waals surface area contributed by atoms with Crippen LogP contribution in [0, 0.1) is 18.8 Å². The van der Waals surface area contributed by atoms with Crippen LogP contribution in [0.15, 0.2) is 18.2 Å². The van der Waals surface area contributed by atoms with Gasteiger partial charge in [-0.25, -0.2) is 4.79 Å². The van der Waals surface area contributed by atoms with Gasteiger partial charge in [-0.05, 0) is 31.5 Å². The number of halogens is 1. The lowest BCUT2D eigenvalue weighted by Crippen LogP contribution is -2.29. The van der Waals surface area contributed by atoms with E-state index in [4.69, 9.17) is 11.6 Å². The summed E-state index contributed by atoms with van der Waals surface area (Å²) in [6.07, 6.45) is 0.651. The van der Waals surface area contributed by atoms with Gasteiger partial charge in [0.1, 0.15) is 0 Å². The minimum absolute atomic E-state index is 0.247. The largest absolute Gasteiger partial charge is 0.337 e. The molecule has 3 nitrogen and oxygen atoms in total. The van der Waals surface area contributed by atoms with Crippen molar-refractivity contribution in [3.05, 3.63) is 28.8 Å². The SMILES string of the molecule is CC#CCCNC(=O)Nc1ccc(C)c(Cl)c1. The standard InChI is InChI=1S/C13H15ClN2O/c1-3-4-5-8-15-13(17)16-11-7-6-10(2)12(14)9-11/h6-7,9H,5,8H2,1-2H3,(H2,15,16,17). The highest BCUT2D eigenvalue weighted by atomic mass is 35.5. The Morgan fingerprint density at radius 3 is 2.88 bits per heavy atom. The minimum Gasteiger partial charge on any atom is -0.337 e. The fourth-order valence-electron chi connectivity index (χ4n) is 1.21. The predicted molar refractivity (Wildman–Crippen MR) is 71.3 cm³/mol. The Morgan fingerprint density at radius 2 is 2.24 bits per heavy atom. The molecule has 17 heavy (non-hydrogen) atoms. The molecule has 0 heterocycles. The van der Waals surface area contributed by atoms with Crippen LogP contribution in [-0.2, 0) is 0 Å². The van der Waals surface area contributed by atoms with Gasteiger partial charge in [0, 0.05) is 23.7 Å². The molecule has 1 rings (SSSR count). The normalized spacial score (nSPS) is 9.12. The van der Waals surface area contributed by atoms with Crippen LogP contribution in [-0.4, -0.2) is 12.6 Å². The summed E-state index contributed by atoms with van der Waals surface area (Å²) >= 11 is 5.95. The lowest BCUT2D eigenvalue weighted by molar-refractivity contribution is 0.252. The molecule has 0 radical (unpaired) electrons. The van der Waals surface area contributed by atoms with Gasteiger partial charge in [0.25, 0.3) is 0 Å². The number of rotatable bonds is 3. The van der Waals surface area contributed by atoms with Crippen molar-refractivity contribution in [1.29, 1.82) is 0 Å². The maximum Gasteiger partial charge on any atom is 0.319 e. The van der Waals surface area contributed by atoms with Crippen molar-refractivity contribution in [2.75, 3.05) is 11.9 Å². The Hall–Kier alpha value is -1.66. The second-order valence-electron chi connectivity index (χ2n) is 3.52. The molecular weight excluding hydrogens is 236 g/mol. The van der Waals surface area contributed by atoms with Gasteiger partial charge in [-0.15, -0.1) is 11.8 Å². The molecule has 0 aliphatic carbocycles. The Kier molecular flexibility index (Phi) is 5.38. The molecular formula is C13H15ClN2O. The first kappa shape index (κ1) is 13.4. The monoisotopic (exact) mass is 250 g/mol. The average Bonchev–Trinajstić information content (AvgIpc) is 2.30. The third-order valence-electron chi connectivity index (χ3n) is 2.14. The lowest BCUT2D eigenvalue weighted by atomic mass is 10.2. The highest BCUT2D eigenvalue weighted by molar-refractivity contribution is 6.31. The molecule has 4 heteroatoms. The number of hydrogen-bond acceptors (Lipinski definition) is 1. The summed E-state index contributed by atoms with van der Waals surface area (Å²) in [5.74, 6) is 5.64. The van der Waals surface area contributed by atoms with Crippen LogP contribution in [0.4, 0.5) is 10.5 Å². The zero-order chi connectivity index (χ0) is 12.7. The summed E-state index contributed by atoms with van der Waals surface area (Å²) in [7, 11) is 0. The molecule has 0 aromatic heterocycles. The molecule has 1 aromatic rings. The van der Waals surface area contributed by atoms with E-state index in [0.29, 0.717) is 23.7 Å². The van der Waals surface area contributed by atoms with E-state index in [9.17, 15) is 4.79 Å². The van der Waals surface area contributed by atoms with Crippen LogP contribution >= 0.6 is 11.6 Å². The maximum atomic E-state index is 11.5. The molecule has 90 valence electrons. The highest BCUT2D eigenvalue weighted by Gasteiger charge is 2.02. The molecule has 0 saturated heterocycles. The Labute approximate surface area is 107 Å². The zero-order valence-corrected chi connectivity index (χ0v) is 10.7. The van der Waals surface area contributed by atoms with Crippen molar-refractivity contribution in [3.8, 4) is 11.8 Å². The van der Waals surface area contributed by atoms with E-state index in [1.54, 1.807) is 13.0 Å². The van der Waals surface area contributed by atoms with E-state index in [-0.39, 0.29) is 6.03 Å². The van der Waals surface area contributed by atoms with Crippen molar-refractivity contribution >= 4 is 23.3 Å². The van der Waals surface area contributed by atoms with Gasteiger partial charge in [0.05, 0.1) is 0 Å². The molecule has 0 saturated carbocycles. The van der Waals surface area contributed by atoms with Gasteiger partial charge >= 0.3 is 6.03 Å². The topological polar surface area (TPSA) is 41.1 Å². The molecule has 0 fully saturated rings. The molecule has 0 spiro atoms. The number of anilines is 1. The second kappa shape index (κ2) is 6.82. The van der Waals surface area contributed by atoms with Gasteiger partial charge in [-0.3, -0.25) is 0 Å². The number of carbonyl (C=O) groups is 1. The van der Waals surface area contributed by atoms with Crippen LogP contribution in [0.2, 0.25) is 5.02 Å². The lowest BCUT2D eigenvalue weighted by Gasteiger charge is -2.07. The Balaban J connectivity index is 2.44. The van der Waals surface area contributed by atoms with E-state index >= 15 is 0 Å². The smallest absolute Gasteiger partial charge is 0.319 e. The number of benzene rings is 1. The highest BCUT2D eigenvalue weighted by Crippen LogP contribution is 2.19.